The Bertz CT molecular complexity index is 761. The summed E-state index contributed by atoms with van der Waals surface area (Å²) in [7, 11) is 0. The van der Waals surface area contributed by atoms with Crippen molar-refractivity contribution in [1.82, 2.24) is 15.0 Å². The van der Waals surface area contributed by atoms with Crippen LogP contribution in [0.1, 0.15) is 82.1 Å². The van der Waals surface area contributed by atoms with Crippen molar-refractivity contribution in [1.29, 1.82) is 5.41 Å². The molecule has 0 aliphatic carbocycles. The predicted octanol–water partition coefficient (Wildman–Crippen LogP) is 5.52. The fourth-order valence-corrected chi connectivity index (χ4v) is 3.98. The van der Waals surface area contributed by atoms with Crippen LogP contribution in [-0.2, 0) is 6.42 Å². The summed E-state index contributed by atoms with van der Waals surface area (Å²) in [6.07, 6.45) is 12.8. The van der Waals surface area contributed by atoms with Crippen molar-refractivity contribution < 1.29 is 4.52 Å². The highest BCUT2D eigenvalue weighted by Crippen LogP contribution is 2.27. The second-order valence-electron chi connectivity index (χ2n) is 8.19. The minimum absolute atomic E-state index is 0. The van der Waals surface area contributed by atoms with Crippen LogP contribution in [0.15, 0.2) is 28.8 Å². The van der Waals surface area contributed by atoms with Crippen molar-refractivity contribution in [2.75, 3.05) is 13.1 Å². The highest BCUT2D eigenvalue weighted by molar-refractivity contribution is 5.85. The summed E-state index contributed by atoms with van der Waals surface area (Å²) < 4.78 is 5.49. The van der Waals surface area contributed by atoms with Crippen molar-refractivity contribution in [2.45, 2.75) is 77.0 Å². The minimum Gasteiger partial charge on any atom is -0.370 e. The first kappa shape index (κ1) is 24.2. The smallest absolute Gasteiger partial charge is 0.231 e. The van der Waals surface area contributed by atoms with E-state index in [-0.39, 0.29) is 24.3 Å². The first-order chi connectivity index (χ1) is 14.2. The third-order valence-electron chi connectivity index (χ3n) is 5.85. The van der Waals surface area contributed by atoms with E-state index in [4.69, 9.17) is 15.7 Å². The molecule has 7 heteroatoms. The van der Waals surface area contributed by atoms with Crippen molar-refractivity contribution in [2.24, 2.45) is 5.73 Å². The average Bonchev–Trinajstić information content (AvgIpc) is 3.40. The lowest BCUT2D eigenvalue weighted by Crippen LogP contribution is -2.34. The average molecular weight is 434 g/mol. The monoisotopic (exact) mass is 433 g/mol. The van der Waals surface area contributed by atoms with Crippen molar-refractivity contribution in [3.8, 4) is 11.4 Å². The maximum absolute atomic E-state index is 7.55. The molecule has 1 aromatic heterocycles. The number of nitrogens with zero attached hydrogens (tertiary/aromatic N) is 3. The molecule has 1 aliphatic rings. The lowest BCUT2D eigenvalue weighted by molar-refractivity contribution is 0.354. The van der Waals surface area contributed by atoms with Gasteiger partial charge in [-0.15, -0.1) is 12.4 Å². The Balaban J connectivity index is 0.00000320. The van der Waals surface area contributed by atoms with Gasteiger partial charge in [0.05, 0.1) is 5.92 Å². The van der Waals surface area contributed by atoms with Gasteiger partial charge >= 0.3 is 0 Å². The predicted molar refractivity (Wildman–Crippen MR) is 124 cm³/mol. The molecule has 0 bridgehead atoms. The van der Waals surface area contributed by atoms with Crippen molar-refractivity contribution >= 4 is 18.4 Å². The minimum atomic E-state index is 0. The van der Waals surface area contributed by atoms with Gasteiger partial charge in [-0.25, -0.2) is 0 Å². The molecule has 0 amide bonds. The zero-order valence-corrected chi connectivity index (χ0v) is 18.9. The standard InChI is InChI=1S/C23H35N5O.ClH/c1-2-3-4-5-6-7-8-9-10-18-11-13-19(14-12-18)21-26-22(29-27-21)20-15-16-28(17-20)23(24)25;/h11-14,20H,2-10,15-17H2,1H3,(H3,24,25);1H. The maximum Gasteiger partial charge on any atom is 0.231 e. The summed E-state index contributed by atoms with van der Waals surface area (Å²) >= 11 is 0. The molecular formula is C23H36ClN5O. The van der Waals surface area contributed by atoms with Crippen LogP contribution in [-0.4, -0.2) is 34.1 Å². The quantitative estimate of drug-likeness (QED) is 0.276. The molecule has 0 saturated carbocycles. The van der Waals surface area contributed by atoms with E-state index < -0.39 is 0 Å². The van der Waals surface area contributed by atoms with Gasteiger partial charge in [0, 0.05) is 18.7 Å². The van der Waals surface area contributed by atoms with Crippen LogP contribution < -0.4 is 5.73 Å². The largest absolute Gasteiger partial charge is 0.370 e. The van der Waals surface area contributed by atoms with Gasteiger partial charge < -0.3 is 15.2 Å². The van der Waals surface area contributed by atoms with Crippen LogP contribution in [0.2, 0.25) is 0 Å². The van der Waals surface area contributed by atoms with E-state index in [9.17, 15) is 0 Å². The zero-order valence-electron chi connectivity index (χ0n) is 18.1. The van der Waals surface area contributed by atoms with Gasteiger partial charge in [-0.1, -0.05) is 81.3 Å². The molecule has 0 spiro atoms. The van der Waals surface area contributed by atoms with Gasteiger partial charge in [0.25, 0.3) is 0 Å². The molecule has 0 radical (unpaired) electrons. The molecule has 1 aliphatic heterocycles. The van der Waals surface area contributed by atoms with Gasteiger partial charge in [0.15, 0.2) is 5.96 Å². The molecule has 1 fully saturated rings. The molecule has 2 heterocycles. The van der Waals surface area contributed by atoms with E-state index in [1.807, 2.05) is 4.90 Å². The number of aromatic nitrogens is 2. The molecule has 1 saturated heterocycles. The normalized spacial score (nSPS) is 15.9. The Kier molecular flexibility index (Phi) is 10.1. The van der Waals surface area contributed by atoms with E-state index in [0.29, 0.717) is 18.3 Å². The number of likely N-dealkylation sites (tertiary alicyclic amines) is 1. The molecular weight excluding hydrogens is 398 g/mol. The number of rotatable bonds is 11. The third-order valence-corrected chi connectivity index (χ3v) is 5.85. The van der Waals surface area contributed by atoms with Crippen LogP contribution in [0.3, 0.4) is 0 Å². The van der Waals surface area contributed by atoms with Gasteiger partial charge in [-0.2, -0.15) is 4.98 Å². The van der Waals surface area contributed by atoms with E-state index in [1.54, 1.807) is 0 Å². The number of hydrogen-bond acceptors (Lipinski definition) is 4. The molecule has 1 atom stereocenters. The molecule has 166 valence electrons. The molecule has 1 aromatic carbocycles. The third kappa shape index (κ3) is 7.01. The van der Waals surface area contributed by atoms with Gasteiger partial charge in [0.1, 0.15) is 0 Å². The Morgan fingerprint density at radius 1 is 1.10 bits per heavy atom. The van der Waals surface area contributed by atoms with Crippen molar-refractivity contribution in [3.63, 3.8) is 0 Å². The first-order valence-electron chi connectivity index (χ1n) is 11.2. The Labute approximate surface area is 186 Å². The fourth-order valence-electron chi connectivity index (χ4n) is 3.98. The number of halogens is 1. The summed E-state index contributed by atoms with van der Waals surface area (Å²) in [5.74, 6) is 1.55. The van der Waals surface area contributed by atoms with E-state index >= 15 is 0 Å². The SMILES string of the molecule is CCCCCCCCCCc1ccc(-c2noc(C3CCN(C(=N)N)C3)n2)cc1.Cl. The Morgan fingerprint density at radius 3 is 2.40 bits per heavy atom. The molecule has 2 aromatic rings. The van der Waals surface area contributed by atoms with Gasteiger partial charge in [0.2, 0.25) is 11.7 Å². The molecule has 3 rings (SSSR count). The molecule has 6 nitrogen and oxygen atoms in total. The van der Waals surface area contributed by atoms with Gasteiger partial charge in [-0.05, 0) is 24.8 Å². The topological polar surface area (TPSA) is 92.0 Å². The Hall–Kier alpha value is -2.08. The number of hydrogen-bond donors (Lipinski definition) is 2. The van der Waals surface area contributed by atoms with E-state index in [0.717, 1.165) is 24.9 Å². The fraction of sp³-hybridized carbons (Fsp3) is 0.609. The number of nitrogens with two attached hydrogens (primary N) is 1. The van der Waals surface area contributed by atoms with E-state index in [2.05, 4.69) is 41.3 Å². The number of unbranched alkanes of at least 4 members (excludes halogenated alkanes) is 7. The van der Waals surface area contributed by atoms with Crippen LogP contribution >= 0.6 is 12.4 Å². The second-order valence-corrected chi connectivity index (χ2v) is 8.19. The van der Waals surface area contributed by atoms with Crippen LogP contribution in [0, 0.1) is 5.41 Å². The summed E-state index contributed by atoms with van der Waals surface area (Å²) in [4.78, 5) is 6.43. The zero-order chi connectivity index (χ0) is 20.5. The Morgan fingerprint density at radius 2 is 1.77 bits per heavy atom. The second kappa shape index (κ2) is 12.6. The highest BCUT2D eigenvalue weighted by Gasteiger charge is 2.29. The highest BCUT2D eigenvalue weighted by atomic mass is 35.5. The summed E-state index contributed by atoms with van der Waals surface area (Å²) in [5, 5.41) is 11.7. The number of guanidine groups is 1. The summed E-state index contributed by atoms with van der Waals surface area (Å²) in [5.41, 5.74) is 7.93. The lowest BCUT2D eigenvalue weighted by Gasteiger charge is -2.14. The van der Waals surface area contributed by atoms with Crippen molar-refractivity contribution in [3.05, 3.63) is 35.7 Å². The summed E-state index contributed by atoms with van der Waals surface area (Å²) in [6.45, 7) is 3.71. The maximum atomic E-state index is 7.55. The van der Waals surface area contributed by atoms with E-state index in [1.165, 1.54) is 56.9 Å². The number of nitrogens with one attached hydrogen (secondary N) is 1. The number of benzene rings is 1. The molecule has 1 unspecified atom stereocenters. The lowest BCUT2D eigenvalue weighted by atomic mass is 10.0. The van der Waals surface area contributed by atoms with Crippen LogP contribution in [0.5, 0.6) is 0 Å². The summed E-state index contributed by atoms with van der Waals surface area (Å²) in [6, 6.07) is 8.54. The number of aryl methyl sites for hydroxylation is 1. The molecule has 30 heavy (non-hydrogen) atoms. The van der Waals surface area contributed by atoms with Crippen LogP contribution in [0.25, 0.3) is 11.4 Å². The molecule has 3 N–H and O–H groups in total. The van der Waals surface area contributed by atoms with Gasteiger partial charge in [-0.3, -0.25) is 5.41 Å². The first-order valence-corrected chi connectivity index (χ1v) is 11.2. The van der Waals surface area contributed by atoms with Crippen LogP contribution in [0.4, 0.5) is 0 Å².